The molecule has 3 aromatic carbocycles. The van der Waals surface area contributed by atoms with E-state index in [2.05, 4.69) is 36.2 Å². The standard InChI is InChI=1S/C28H25N9O5/c38-27(31-18-6-10-21(11-7-18)41-20-4-2-1-3-5-20)32-23-14-39-26-24(15-40-25(23)26)37-28(33-34-35-37)42-22-12-8-19(9-13-22)36-17-29-16-30-36/h1-13,16-17,23-26H,14-15H2,(H2,31,32,38)/t23-,24-,25+,26+/m0/s1. The summed E-state index contributed by atoms with van der Waals surface area (Å²) in [4.78, 5) is 16.7. The third-order valence-corrected chi connectivity index (χ3v) is 6.94. The van der Waals surface area contributed by atoms with Crippen molar-refractivity contribution >= 4 is 11.7 Å². The average molecular weight is 568 g/mol. The van der Waals surface area contributed by atoms with E-state index in [1.165, 1.54) is 6.33 Å². The molecule has 0 radical (unpaired) electrons. The number of amides is 2. The Morgan fingerprint density at radius 1 is 0.857 bits per heavy atom. The Bertz CT molecular complexity index is 1630. The molecular formula is C28H25N9O5. The summed E-state index contributed by atoms with van der Waals surface area (Å²) in [5.74, 6) is 1.95. The zero-order valence-corrected chi connectivity index (χ0v) is 22.1. The van der Waals surface area contributed by atoms with Crippen molar-refractivity contribution in [3.63, 3.8) is 0 Å². The largest absolute Gasteiger partial charge is 0.457 e. The molecule has 4 atom stereocenters. The molecule has 42 heavy (non-hydrogen) atoms. The number of fused-ring (bicyclic) bond motifs is 1. The lowest BCUT2D eigenvalue weighted by molar-refractivity contribution is 0.0613. The van der Waals surface area contributed by atoms with E-state index in [0.717, 1.165) is 11.4 Å². The Balaban J connectivity index is 0.946. The second-order valence-corrected chi connectivity index (χ2v) is 9.65. The zero-order chi connectivity index (χ0) is 28.3. The average Bonchev–Trinajstić information content (AvgIpc) is 3.83. The summed E-state index contributed by atoms with van der Waals surface area (Å²) in [6.07, 6.45) is 2.33. The van der Waals surface area contributed by atoms with E-state index < -0.39 is 0 Å². The van der Waals surface area contributed by atoms with Crippen molar-refractivity contribution in [2.24, 2.45) is 0 Å². The highest BCUT2D eigenvalue weighted by molar-refractivity contribution is 5.89. The number of urea groups is 1. The normalized spacial score (nSPS) is 21.0. The van der Waals surface area contributed by atoms with Crippen molar-refractivity contribution in [3.05, 3.63) is 91.5 Å². The van der Waals surface area contributed by atoms with E-state index in [4.69, 9.17) is 18.9 Å². The van der Waals surface area contributed by atoms with Gasteiger partial charge in [0.25, 0.3) is 0 Å². The molecule has 2 fully saturated rings. The first-order chi connectivity index (χ1) is 20.7. The number of benzene rings is 3. The van der Waals surface area contributed by atoms with Crippen LogP contribution in [0.15, 0.2) is 91.5 Å². The topological polar surface area (TPSA) is 152 Å². The van der Waals surface area contributed by atoms with Gasteiger partial charge >= 0.3 is 12.0 Å². The molecule has 2 aromatic heterocycles. The van der Waals surface area contributed by atoms with E-state index >= 15 is 0 Å². The third-order valence-electron chi connectivity index (χ3n) is 6.94. The fourth-order valence-corrected chi connectivity index (χ4v) is 4.95. The van der Waals surface area contributed by atoms with Gasteiger partial charge in [-0.25, -0.2) is 14.5 Å². The Morgan fingerprint density at radius 3 is 2.38 bits per heavy atom. The smallest absolute Gasteiger partial charge is 0.341 e. The van der Waals surface area contributed by atoms with E-state index in [1.807, 2.05) is 42.5 Å². The number of hydrogen-bond donors (Lipinski definition) is 2. The van der Waals surface area contributed by atoms with Crippen molar-refractivity contribution in [2.45, 2.75) is 24.3 Å². The highest BCUT2D eigenvalue weighted by Gasteiger charge is 2.50. The van der Waals surface area contributed by atoms with Crippen LogP contribution in [-0.4, -0.2) is 72.5 Å². The number of carbonyl (C=O) groups excluding carboxylic acids is 1. The van der Waals surface area contributed by atoms with Crippen LogP contribution in [0.5, 0.6) is 23.3 Å². The molecule has 0 spiro atoms. The number of aromatic nitrogens is 7. The first-order valence-corrected chi connectivity index (χ1v) is 13.2. The van der Waals surface area contributed by atoms with Crippen LogP contribution in [0.3, 0.4) is 0 Å². The van der Waals surface area contributed by atoms with Gasteiger partial charge in [0, 0.05) is 5.69 Å². The first-order valence-electron chi connectivity index (χ1n) is 13.2. The predicted octanol–water partition coefficient (Wildman–Crippen LogP) is 3.37. The Hall–Kier alpha value is -5.34. The Kier molecular flexibility index (Phi) is 6.87. The molecule has 14 nitrogen and oxygen atoms in total. The van der Waals surface area contributed by atoms with Gasteiger partial charge in [0.2, 0.25) is 0 Å². The molecule has 2 saturated heterocycles. The lowest BCUT2D eigenvalue weighted by Gasteiger charge is -2.18. The van der Waals surface area contributed by atoms with Crippen molar-refractivity contribution in [1.29, 1.82) is 0 Å². The second kappa shape index (κ2) is 11.3. The number of nitrogens with zero attached hydrogens (tertiary/aromatic N) is 7. The van der Waals surface area contributed by atoms with Gasteiger partial charge in [0.15, 0.2) is 0 Å². The van der Waals surface area contributed by atoms with Gasteiger partial charge in [-0.2, -0.15) is 9.78 Å². The highest BCUT2D eigenvalue weighted by atomic mass is 16.6. The van der Waals surface area contributed by atoms with Gasteiger partial charge < -0.3 is 29.6 Å². The minimum Gasteiger partial charge on any atom is -0.457 e. The molecule has 2 aliphatic rings. The number of ether oxygens (including phenoxy) is 4. The van der Waals surface area contributed by atoms with Gasteiger partial charge in [0.05, 0.1) is 24.9 Å². The van der Waals surface area contributed by atoms with Gasteiger partial charge in [-0.05, 0) is 71.1 Å². The quantitative estimate of drug-likeness (QED) is 0.285. The molecule has 212 valence electrons. The van der Waals surface area contributed by atoms with E-state index in [0.29, 0.717) is 23.8 Å². The number of carbonyl (C=O) groups is 1. The van der Waals surface area contributed by atoms with Crippen LogP contribution in [0, 0.1) is 0 Å². The maximum Gasteiger partial charge on any atom is 0.341 e. The van der Waals surface area contributed by atoms with Gasteiger partial charge in [-0.15, -0.1) is 0 Å². The Labute approximate surface area is 239 Å². The second-order valence-electron chi connectivity index (χ2n) is 9.65. The van der Waals surface area contributed by atoms with Crippen molar-refractivity contribution in [3.8, 4) is 28.9 Å². The summed E-state index contributed by atoms with van der Waals surface area (Å²) in [5.41, 5.74) is 1.46. The lowest BCUT2D eigenvalue weighted by Crippen LogP contribution is -2.45. The highest BCUT2D eigenvalue weighted by Crippen LogP contribution is 2.36. The van der Waals surface area contributed by atoms with Crippen molar-refractivity contribution in [2.75, 3.05) is 18.5 Å². The molecule has 5 aromatic rings. The number of para-hydroxylation sites is 1. The molecule has 0 saturated carbocycles. The fourth-order valence-electron chi connectivity index (χ4n) is 4.95. The number of hydrogen-bond acceptors (Lipinski definition) is 10. The van der Waals surface area contributed by atoms with E-state index in [1.54, 1.807) is 52.1 Å². The molecule has 2 N–H and O–H groups in total. The molecule has 0 bridgehead atoms. The van der Waals surface area contributed by atoms with Crippen LogP contribution in [0.1, 0.15) is 6.04 Å². The van der Waals surface area contributed by atoms with Gasteiger partial charge in [-0.1, -0.05) is 23.3 Å². The molecule has 2 amide bonds. The Morgan fingerprint density at radius 2 is 1.60 bits per heavy atom. The van der Waals surface area contributed by atoms with Crippen LogP contribution in [0.4, 0.5) is 10.5 Å². The zero-order valence-electron chi connectivity index (χ0n) is 22.1. The van der Waals surface area contributed by atoms with Crippen LogP contribution in [0.2, 0.25) is 0 Å². The first kappa shape index (κ1) is 25.6. The van der Waals surface area contributed by atoms with Crippen molar-refractivity contribution in [1.82, 2.24) is 40.3 Å². The van der Waals surface area contributed by atoms with Crippen LogP contribution >= 0.6 is 0 Å². The van der Waals surface area contributed by atoms with Crippen molar-refractivity contribution < 1.29 is 23.7 Å². The number of anilines is 1. The maximum atomic E-state index is 12.8. The van der Waals surface area contributed by atoms with Crippen LogP contribution in [0.25, 0.3) is 5.69 Å². The fraction of sp³-hybridized carbons (Fsp3) is 0.214. The van der Waals surface area contributed by atoms with E-state index in [-0.39, 0.29) is 42.9 Å². The predicted molar refractivity (Wildman–Crippen MR) is 147 cm³/mol. The third kappa shape index (κ3) is 5.35. The van der Waals surface area contributed by atoms with E-state index in [9.17, 15) is 4.79 Å². The van der Waals surface area contributed by atoms with Crippen LogP contribution < -0.4 is 20.1 Å². The summed E-state index contributed by atoms with van der Waals surface area (Å²) in [6.45, 7) is 0.579. The molecule has 7 rings (SSSR count). The number of rotatable bonds is 8. The lowest BCUT2D eigenvalue weighted by atomic mass is 10.1. The summed E-state index contributed by atoms with van der Waals surface area (Å²) in [6, 6.07) is 23.0. The van der Waals surface area contributed by atoms with Crippen LogP contribution in [-0.2, 0) is 9.47 Å². The van der Waals surface area contributed by atoms with Gasteiger partial charge in [-0.3, -0.25) is 0 Å². The molecular weight excluding hydrogens is 542 g/mol. The summed E-state index contributed by atoms with van der Waals surface area (Å²) in [7, 11) is 0. The molecule has 2 aliphatic heterocycles. The summed E-state index contributed by atoms with van der Waals surface area (Å²) in [5, 5.41) is 21.9. The number of nitrogens with one attached hydrogen (secondary N) is 2. The molecule has 14 heteroatoms. The summed E-state index contributed by atoms with van der Waals surface area (Å²) < 4.78 is 27.0. The molecule has 0 aliphatic carbocycles. The SMILES string of the molecule is O=C(Nc1ccc(Oc2ccccc2)cc1)N[C@H]1CO[C@H]2[C@@H]1OC[C@@H]2n1nnnc1Oc1ccc(-n2cncn2)cc1. The number of tetrazole rings is 1. The van der Waals surface area contributed by atoms with Gasteiger partial charge in [0.1, 0.15) is 48.2 Å². The molecule has 0 unspecified atom stereocenters. The summed E-state index contributed by atoms with van der Waals surface area (Å²) >= 11 is 0. The maximum absolute atomic E-state index is 12.8. The monoisotopic (exact) mass is 567 g/mol. The molecule has 4 heterocycles. The minimum absolute atomic E-state index is 0.204. The minimum atomic E-state index is -0.374.